The Labute approximate surface area is 116 Å². The van der Waals surface area contributed by atoms with Crippen molar-refractivity contribution in [3.63, 3.8) is 0 Å². The zero-order valence-corrected chi connectivity index (χ0v) is 12.3. The fourth-order valence-electron chi connectivity index (χ4n) is 1.55. The number of nitrogens with two attached hydrogens (primary N) is 1. The number of ether oxygens (including phenoxy) is 1. The van der Waals surface area contributed by atoms with Crippen LogP contribution in [-0.2, 0) is 4.79 Å². The average molecular weight is 315 g/mol. The summed E-state index contributed by atoms with van der Waals surface area (Å²) in [5.41, 5.74) is 6.85. The average Bonchev–Trinajstić information content (AvgIpc) is 2.34. The van der Waals surface area contributed by atoms with Gasteiger partial charge in [0.05, 0.1) is 6.61 Å². The standard InChI is InChI=1S/C13H19BrN2O2/c1-9(15)11-6-5-10(14)8-12(11)18-7-3-4-13(17)16-2/h5-6,8-9H,3-4,7,15H2,1-2H3,(H,16,17)/t9-/m0/s1. The number of carbonyl (C=O) groups is 1. The zero-order valence-electron chi connectivity index (χ0n) is 10.7. The van der Waals surface area contributed by atoms with Crippen LogP contribution >= 0.6 is 15.9 Å². The monoisotopic (exact) mass is 314 g/mol. The van der Waals surface area contributed by atoms with Crippen molar-refractivity contribution in [2.75, 3.05) is 13.7 Å². The summed E-state index contributed by atoms with van der Waals surface area (Å²) in [6.07, 6.45) is 1.16. The van der Waals surface area contributed by atoms with Crippen molar-refractivity contribution in [1.29, 1.82) is 0 Å². The Balaban J connectivity index is 2.55. The number of rotatable bonds is 6. The van der Waals surface area contributed by atoms with Gasteiger partial charge in [0.1, 0.15) is 5.75 Å². The second kappa shape index (κ2) is 7.38. The van der Waals surface area contributed by atoms with Crippen LogP contribution in [0.4, 0.5) is 0 Å². The van der Waals surface area contributed by atoms with E-state index in [9.17, 15) is 4.79 Å². The molecule has 1 aromatic carbocycles. The van der Waals surface area contributed by atoms with Crippen LogP contribution < -0.4 is 15.8 Å². The molecule has 0 aliphatic rings. The third-order valence-electron chi connectivity index (χ3n) is 2.55. The fraction of sp³-hybridized carbons (Fsp3) is 0.462. The van der Waals surface area contributed by atoms with E-state index in [0.717, 1.165) is 15.8 Å². The molecule has 1 amide bonds. The predicted octanol–water partition coefficient (Wildman–Crippen LogP) is 2.37. The lowest BCUT2D eigenvalue weighted by Gasteiger charge is -2.14. The SMILES string of the molecule is CNC(=O)CCCOc1cc(Br)ccc1[C@H](C)N. The van der Waals surface area contributed by atoms with Crippen LogP contribution in [0.3, 0.4) is 0 Å². The molecule has 1 atom stereocenters. The van der Waals surface area contributed by atoms with Gasteiger partial charge in [0.2, 0.25) is 5.91 Å². The Bertz CT molecular complexity index is 408. The molecular weight excluding hydrogens is 296 g/mol. The second-order valence-electron chi connectivity index (χ2n) is 4.10. The maximum absolute atomic E-state index is 11.1. The van der Waals surface area contributed by atoms with Gasteiger partial charge >= 0.3 is 0 Å². The molecule has 0 saturated carbocycles. The summed E-state index contributed by atoms with van der Waals surface area (Å²) >= 11 is 3.40. The molecule has 3 N–H and O–H groups in total. The first-order valence-corrected chi connectivity index (χ1v) is 6.72. The highest BCUT2D eigenvalue weighted by atomic mass is 79.9. The topological polar surface area (TPSA) is 64.3 Å². The fourth-order valence-corrected chi connectivity index (χ4v) is 1.89. The van der Waals surface area contributed by atoms with Crippen molar-refractivity contribution in [1.82, 2.24) is 5.32 Å². The molecule has 0 aliphatic carbocycles. The minimum Gasteiger partial charge on any atom is -0.493 e. The lowest BCUT2D eigenvalue weighted by Crippen LogP contribution is -2.18. The molecule has 0 aliphatic heterocycles. The Kier molecular flexibility index (Phi) is 6.15. The van der Waals surface area contributed by atoms with E-state index >= 15 is 0 Å². The number of benzene rings is 1. The van der Waals surface area contributed by atoms with E-state index in [1.807, 2.05) is 25.1 Å². The molecule has 1 rings (SSSR count). The normalized spacial score (nSPS) is 12.0. The smallest absolute Gasteiger partial charge is 0.219 e. The number of carbonyl (C=O) groups excluding carboxylic acids is 1. The van der Waals surface area contributed by atoms with Crippen molar-refractivity contribution in [3.8, 4) is 5.75 Å². The van der Waals surface area contributed by atoms with Gasteiger partial charge in [-0.05, 0) is 25.5 Å². The van der Waals surface area contributed by atoms with Gasteiger partial charge in [0, 0.05) is 29.5 Å². The van der Waals surface area contributed by atoms with Crippen molar-refractivity contribution >= 4 is 21.8 Å². The third-order valence-corrected chi connectivity index (χ3v) is 3.04. The van der Waals surface area contributed by atoms with Gasteiger partial charge in [0.15, 0.2) is 0 Å². The van der Waals surface area contributed by atoms with Crippen molar-refractivity contribution in [2.24, 2.45) is 5.73 Å². The van der Waals surface area contributed by atoms with Gasteiger partial charge in [-0.25, -0.2) is 0 Å². The van der Waals surface area contributed by atoms with E-state index in [-0.39, 0.29) is 11.9 Å². The van der Waals surface area contributed by atoms with Gasteiger partial charge in [-0.2, -0.15) is 0 Å². The summed E-state index contributed by atoms with van der Waals surface area (Å²) in [5.74, 6) is 0.802. The van der Waals surface area contributed by atoms with Crippen LogP contribution in [0.1, 0.15) is 31.4 Å². The van der Waals surface area contributed by atoms with Crippen molar-refractivity contribution in [2.45, 2.75) is 25.8 Å². The second-order valence-corrected chi connectivity index (χ2v) is 5.01. The Morgan fingerprint density at radius 1 is 1.56 bits per heavy atom. The van der Waals surface area contributed by atoms with Gasteiger partial charge in [-0.15, -0.1) is 0 Å². The van der Waals surface area contributed by atoms with E-state index in [2.05, 4.69) is 21.2 Å². The van der Waals surface area contributed by atoms with Crippen LogP contribution in [-0.4, -0.2) is 19.6 Å². The van der Waals surface area contributed by atoms with Gasteiger partial charge in [0.25, 0.3) is 0 Å². The number of hydrogen-bond donors (Lipinski definition) is 2. The first-order chi connectivity index (χ1) is 8.54. The molecular formula is C13H19BrN2O2. The highest BCUT2D eigenvalue weighted by molar-refractivity contribution is 9.10. The third kappa shape index (κ3) is 4.66. The van der Waals surface area contributed by atoms with E-state index in [0.29, 0.717) is 19.4 Å². The first-order valence-electron chi connectivity index (χ1n) is 5.93. The molecule has 4 nitrogen and oxygen atoms in total. The van der Waals surface area contributed by atoms with Gasteiger partial charge in [-0.3, -0.25) is 4.79 Å². The number of nitrogens with one attached hydrogen (secondary N) is 1. The molecule has 0 saturated heterocycles. The maximum atomic E-state index is 11.1. The summed E-state index contributed by atoms with van der Waals surface area (Å²) in [4.78, 5) is 11.1. The van der Waals surface area contributed by atoms with Crippen molar-refractivity contribution < 1.29 is 9.53 Å². The molecule has 0 radical (unpaired) electrons. The quantitative estimate of drug-likeness (QED) is 0.792. The summed E-state index contributed by atoms with van der Waals surface area (Å²) in [5, 5.41) is 2.58. The Morgan fingerprint density at radius 2 is 2.28 bits per heavy atom. The van der Waals surface area contributed by atoms with Crippen LogP contribution in [0.2, 0.25) is 0 Å². The molecule has 0 bridgehead atoms. The molecule has 1 aromatic rings. The minimum absolute atomic E-state index is 0.0280. The molecule has 5 heteroatoms. The van der Waals surface area contributed by atoms with Crippen LogP contribution in [0, 0.1) is 0 Å². The highest BCUT2D eigenvalue weighted by Gasteiger charge is 2.08. The molecule has 0 fully saturated rings. The summed E-state index contributed by atoms with van der Waals surface area (Å²) in [6.45, 7) is 2.42. The van der Waals surface area contributed by atoms with Crippen LogP contribution in [0.5, 0.6) is 5.75 Å². The Hall–Kier alpha value is -1.07. The molecule has 0 aromatic heterocycles. The van der Waals surface area contributed by atoms with Gasteiger partial charge in [-0.1, -0.05) is 22.0 Å². The predicted molar refractivity (Wildman–Crippen MR) is 75.5 cm³/mol. The summed E-state index contributed by atoms with van der Waals surface area (Å²) in [6, 6.07) is 5.71. The van der Waals surface area contributed by atoms with E-state index in [1.165, 1.54) is 0 Å². The number of hydrogen-bond acceptors (Lipinski definition) is 3. The zero-order chi connectivity index (χ0) is 13.5. The molecule has 0 spiro atoms. The summed E-state index contributed by atoms with van der Waals surface area (Å²) < 4.78 is 6.64. The lowest BCUT2D eigenvalue weighted by molar-refractivity contribution is -0.120. The molecule has 100 valence electrons. The number of amides is 1. The maximum Gasteiger partial charge on any atom is 0.219 e. The summed E-state index contributed by atoms with van der Waals surface area (Å²) in [7, 11) is 1.63. The van der Waals surface area contributed by atoms with Crippen LogP contribution in [0.15, 0.2) is 22.7 Å². The van der Waals surface area contributed by atoms with Gasteiger partial charge < -0.3 is 15.8 Å². The number of halogens is 1. The first kappa shape index (κ1) is 15.0. The minimum atomic E-state index is -0.0768. The molecule has 0 unspecified atom stereocenters. The largest absolute Gasteiger partial charge is 0.493 e. The van der Waals surface area contributed by atoms with E-state index in [4.69, 9.17) is 10.5 Å². The van der Waals surface area contributed by atoms with Crippen molar-refractivity contribution in [3.05, 3.63) is 28.2 Å². The Morgan fingerprint density at radius 3 is 2.89 bits per heavy atom. The van der Waals surface area contributed by atoms with Crippen LogP contribution in [0.25, 0.3) is 0 Å². The molecule has 0 heterocycles. The van der Waals surface area contributed by atoms with E-state index < -0.39 is 0 Å². The van der Waals surface area contributed by atoms with E-state index in [1.54, 1.807) is 7.05 Å². The highest BCUT2D eigenvalue weighted by Crippen LogP contribution is 2.27. The molecule has 18 heavy (non-hydrogen) atoms. The lowest BCUT2D eigenvalue weighted by atomic mass is 10.1.